The zero-order valence-corrected chi connectivity index (χ0v) is 8.95. The summed E-state index contributed by atoms with van der Waals surface area (Å²) in [6.45, 7) is 1.96. The molecule has 1 nitrogen and oxygen atoms in total. The van der Waals surface area contributed by atoms with Crippen LogP contribution in [0.15, 0.2) is 18.2 Å². The van der Waals surface area contributed by atoms with Gasteiger partial charge in [0.25, 0.3) is 0 Å². The molecule has 1 aromatic rings. The van der Waals surface area contributed by atoms with E-state index in [2.05, 4.69) is 0 Å². The van der Waals surface area contributed by atoms with Crippen LogP contribution in [0.5, 0.6) is 0 Å². The first-order valence-corrected chi connectivity index (χ1v) is 5.72. The zero-order valence-electron chi connectivity index (χ0n) is 7.38. The van der Waals surface area contributed by atoms with Crippen molar-refractivity contribution in [3.8, 4) is 0 Å². The fraction of sp³-hybridized carbons (Fsp3) is 0.400. The molecule has 0 spiro atoms. The highest BCUT2D eigenvalue weighted by Gasteiger charge is 2.38. The van der Waals surface area contributed by atoms with Crippen molar-refractivity contribution in [2.45, 2.75) is 12.5 Å². The number of hydrogen-bond donors (Lipinski definition) is 1. The van der Waals surface area contributed by atoms with Gasteiger partial charge in [0, 0.05) is 16.5 Å². The Morgan fingerprint density at radius 2 is 2.15 bits per heavy atom. The van der Waals surface area contributed by atoms with Crippen LogP contribution in [0, 0.1) is 6.92 Å². The van der Waals surface area contributed by atoms with Crippen LogP contribution >= 0.6 is 23.4 Å². The quantitative estimate of drug-likeness (QED) is 0.776. The summed E-state index contributed by atoms with van der Waals surface area (Å²) < 4.78 is 0. The lowest BCUT2D eigenvalue weighted by Crippen LogP contribution is -2.40. The second-order valence-electron chi connectivity index (χ2n) is 3.44. The van der Waals surface area contributed by atoms with E-state index < -0.39 is 5.60 Å². The van der Waals surface area contributed by atoms with E-state index in [4.69, 9.17) is 11.6 Å². The lowest BCUT2D eigenvalue weighted by Gasteiger charge is -2.37. The smallest absolute Gasteiger partial charge is 0.108 e. The van der Waals surface area contributed by atoms with E-state index in [1.54, 1.807) is 11.8 Å². The molecule has 1 aliphatic rings. The number of aliphatic hydroxyl groups is 1. The topological polar surface area (TPSA) is 20.2 Å². The summed E-state index contributed by atoms with van der Waals surface area (Å²) in [5.41, 5.74) is 1.37. The maximum absolute atomic E-state index is 10.1. The summed E-state index contributed by atoms with van der Waals surface area (Å²) in [5, 5.41) is 10.8. The van der Waals surface area contributed by atoms with Crippen molar-refractivity contribution >= 4 is 23.4 Å². The third-order valence-corrected chi connectivity index (χ3v) is 4.22. The van der Waals surface area contributed by atoms with Crippen LogP contribution in [0.2, 0.25) is 5.02 Å². The van der Waals surface area contributed by atoms with E-state index in [9.17, 15) is 5.11 Å². The van der Waals surface area contributed by atoms with Crippen molar-refractivity contribution in [1.29, 1.82) is 0 Å². The molecule has 0 unspecified atom stereocenters. The van der Waals surface area contributed by atoms with Gasteiger partial charge in [0.1, 0.15) is 5.60 Å². The van der Waals surface area contributed by atoms with Crippen molar-refractivity contribution in [2.75, 3.05) is 11.5 Å². The molecular formula is C10H11ClOS. The van der Waals surface area contributed by atoms with E-state index in [0.717, 1.165) is 27.7 Å². The SMILES string of the molecule is Cc1c(Cl)cccc1C1(O)CSC1. The average molecular weight is 215 g/mol. The Kier molecular flexibility index (Phi) is 2.30. The summed E-state index contributed by atoms with van der Waals surface area (Å²) in [4.78, 5) is 0. The molecule has 0 atom stereocenters. The first-order valence-electron chi connectivity index (χ1n) is 4.19. The molecule has 1 aliphatic heterocycles. The minimum absolute atomic E-state index is 0.625. The highest BCUT2D eigenvalue weighted by Crippen LogP contribution is 2.40. The van der Waals surface area contributed by atoms with Crippen molar-refractivity contribution in [1.82, 2.24) is 0 Å². The fourth-order valence-corrected chi connectivity index (χ4v) is 2.64. The Morgan fingerprint density at radius 1 is 1.46 bits per heavy atom. The van der Waals surface area contributed by atoms with Gasteiger partial charge in [-0.2, -0.15) is 11.8 Å². The number of halogens is 1. The zero-order chi connectivity index (χ0) is 9.47. The molecule has 0 radical (unpaired) electrons. The van der Waals surface area contributed by atoms with E-state index in [1.807, 2.05) is 25.1 Å². The Hall–Kier alpha value is -0.180. The molecular weight excluding hydrogens is 204 g/mol. The molecule has 1 saturated heterocycles. The van der Waals surface area contributed by atoms with E-state index in [1.165, 1.54) is 0 Å². The number of rotatable bonds is 1. The minimum atomic E-state index is -0.625. The van der Waals surface area contributed by atoms with Crippen LogP contribution in [-0.4, -0.2) is 16.6 Å². The van der Waals surface area contributed by atoms with Gasteiger partial charge in [-0.15, -0.1) is 0 Å². The molecule has 1 heterocycles. The largest absolute Gasteiger partial charge is 0.383 e. The molecule has 0 aliphatic carbocycles. The summed E-state index contributed by atoms with van der Waals surface area (Å²) in [5.74, 6) is 1.57. The van der Waals surface area contributed by atoms with Crippen LogP contribution < -0.4 is 0 Å². The molecule has 13 heavy (non-hydrogen) atoms. The standard InChI is InChI=1S/C10H11ClOS/c1-7-8(3-2-4-9(7)11)10(12)5-13-6-10/h2-4,12H,5-6H2,1H3. The Balaban J connectivity index is 2.45. The Bertz CT molecular complexity index is 334. The first kappa shape index (κ1) is 9.38. The maximum atomic E-state index is 10.1. The highest BCUT2D eigenvalue weighted by molar-refractivity contribution is 8.00. The monoisotopic (exact) mass is 214 g/mol. The van der Waals surface area contributed by atoms with Crippen LogP contribution in [0.3, 0.4) is 0 Å². The fourth-order valence-electron chi connectivity index (χ4n) is 1.56. The van der Waals surface area contributed by atoms with E-state index >= 15 is 0 Å². The second-order valence-corrected chi connectivity index (χ2v) is 4.83. The molecule has 0 bridgehead atoms. The van der Waals surface area contributed by atoms with Gasteiger partial charge in [0.2, 0.25) is 0 Å². The van der Waals surface area contributed by atoms with Crippen LogP contribution in [0.25, 0.3) is 0 Å². The highest BCUT2D eigenvalue weighted by atomic mass is 35.5. The molecule has 0 saturated carbocycles. The number of hydrogen-bond acceptors (Lipinski definition) is 2. The van der Waals surface area contributed by atoms with E-state index in [0.29, 0.717) is 0 Å². The van der Waals surface area contributed by atoms with Crippen molar-refractivity contribution in [2.24, 2.45) is 0 Å². The molecule has 1 N–H and O–H groups in total. The van der Waals surface area contributed by atoms with Gasteiger partial charge in [-0.3, -0.25) is 0 Å². The minimum Gasteiger partial charge on any atom is -0.383 e. The van der Waals surface area contributed by atoms with Crippen molar-refractivity contribution < 1.29 is 5.11 Å². The first-order chi connectivity index (χ1) is 6.13. The van der Waals surface area contributed by atoms with Crippen LogP contribution in [0.1, 0.15) is 11.1 Å². The summed E-state index contributed by atoms with van der Waals surface area (Å²) in [6, 6.07) is 5.71. The second kappa shape index (κ2) is 3.19. The van der Waals surface area contributed by atoms with Gasteiger partial charge in [-0.25, -0.2) is 0 Å². The summed E-state index contributed by atoms with van der Waals surface area (Å²) >= 11 is 7.74. The number of thioether (sulfide) groups is 1. The molecule has 3 heteroatoms. The molecule has 1 fully saturated rings. The Labute approximate surface area is 87.1 Å². The Morgan fingerprint density at radius 3 is 2.69 bits per heavy atom. The van der Waals surface area contributed by atoms with Gasteiger partial charge in [-0.05, 0) is 24.1 Å². The number of benzene rings is 1. The molecule has 1 aromatic carbocycles. The van der Waals surface area contributed by atoms with Crippen LogP contribution in [0.4, 0.5) is 0 Å². The third-order valence-electron chi connectivity index (χ3n) is 2.45. The van der Waals surface area contributed by atoms with Gasteiger partial charge in [0.05, 0.1) is 0 Å². The lowest BCUT2D eigenvalue weighted by molar-refractivity contribution is 0.0762. The average Bonchev–Trinajstić information content (AvgIpc) is 2.06. The van der Waals surface area contributed by atoms with Crippen molar-refractivity contribution in [3.05, 3.63) is 34.3 Å². The third kappa shape index (κ3) is 1.47. The van der Waals surface area contributed by atoms with Crippen molar-refractivity contribution in [3.63, 3.8) is 0 Å². The maximum Gasteiger partial charge on any atom is 0.108 e. The van der Waals surface area contributed by atoms with Crippen LogP contribution in [-0.2, 0) is 5.60 Å². The normalized spacial score (nSPS) is 19.6. The lowest BCUT2D eigenvalue weighted by atomic mass is 9.93. The van der Waals surface area contributed by atoms with Gasteiger partial charge >= 0.3 is 0 Å². The predicted molar refractivity (Wildman–Crippen MR) is 57.4 cm³/mol. The van der Waals surface area contributed by atoms with Gasteiger partial charge in [0.15, 0.2) is 0 Å². The summed E-state index contributed by atoms with van der Waals surface area (Å²) in [7, 11) is 0. The summed E-state index contributed by atoms with van der Waals surface area (Å²) in [6.07, 6.45) is 0. The molecule has 0 amide bonds. The molecule has 0 aromatic heterocycles. The van der Waals surface area contributed by atoms with Gasteiger partial charge < -0.3 is 5.11 Å². The molecule has 2 rings (SSSR count). The molecule has 70 valence electrons. The predicted octanol–water partition coefficient (Wildman–Crippen LogP) is 2.58. The van der Waals surface area contributed by atoms with E-state index in [-0.39, 0.29) is 0 Å². The van der Waals surface area contributed by atoms with Gasteiger partial charge in [-0.1, -0.05) is 23.7 Å².